The predicted octanol–water partition coefficient (Wildman–Crippen LogP) is 13.1. The van der Waals surface area contributed by atoms with Crippen LogP contribution in [0.4, 0.5) is 17.1 Å². The smallest absolute Gasteiger partial charge is 0.0915 e. The van der Waals surface area contributed by atoms with Gasteiger partial charge in [0.2, 0.25) is 0 Å². The average Bonchev–Trinajstić information content (AvgIpc) is 3.59. The summed E-state index contributed by atoms with van der Waals surface area (Å²) in [6, 6.07) is 62.6. The Morgan fingerprint density at radius 2 is 1.05 bits per heavy atom. The first-order chi connectivity index (χ1) is 27.2. The lowest BCUT2D eigenvalue weighted by Gasteiger charge is -2.33. The van der Waals surface area contributed by atoms with Crippen molar-refractivity contribution in [1.82, 2.24) is 19.5 Å². The molecule has 0 bridgehead atoms. The van der Waals surface area contributed by atoms with Gasteiger partial charge in [0.05, 0.1) is 50.9 Å². The second-order valence-electron chi connectivity index (χ2n) is 13.7. The highest BCUT2D eigenvalue weighted by molar-refractivity contribution is 7.99. The topological polar surface area (TPSA) is 46.8 Å². The van der Waals surface area contributed by atoms with Crippen molar-refractivity contribution in [2.24, 2.45) is 0 Å². The van der Waals surface area contributed by atoms with E-state index in [0.29, 0.717) is 0 Å². The maximum Gasteiger partial charge on any atom is 0.0915 e. The summed E-state index contributed by atoms with van der Waals surface area (Å²) in [5.74, 6) is 0. The van der Waals surface area contributed by atoms with Crippen LogP contribution in [0.2, 0.25) is 0 Å². The van der Waals surface area contributed by atoms with E-state index in [4.69, 9.17) is 4.98 Å². The van der Waals surface area contributed by atoms with E-state index >= 15 is 0 Å². The van der Waals surface area contributed by atoms with Crippen LogP contribution in [0.1, 0.15) is 0 Å². The monoisotopic (exact) mass is 721 g/mol. The summed E-state index contributed by atoms with van der Waals surface area (Å²) in [6.45, 7) is 0. The van der Waals surface area contributed by atoms with Crippen LogP contribution in [-0.4, -0.2) is 19.5 Å². The summed E-state index contributed by atoms with van der Waals surface area (Å²) >= 11 is 1.84. The van der Waals surface area contributed by atoms with Gasteiger partial charge in [0.25, 0.3) is 0 Å². The van der Waals surface area contributed by atoms with E-state index < -0.39 is 0 Å². The number of aromatic nitrogens is 4. The summed E-state index contributed by atoms with van der Waals surface area (Å²) < 4.78 is 2.34. The molecule has 5 nitrogen and oxygen atoms in total. The number of benzene rings is 6. The van der Waals surface area contributed by atoms with Gasteiger partial charge in [-0.3, -0.25) is 9.97 Å². The quantitative estimate of drug-likeness (QED) is 0.177. The minimum absolute atomic E-state index is 0.798. The summed E-state index contributed by atoms with van der Waals surface area (Å²) in [5, 5.41) is 4.86. The Hall–Kier alpha value is -7.02. The molecule has 0 amide bonds. The van der Waals surface area contributed by atoms with Crippen LogP contribution in [0.15, 0.2) is 198 Å². The Kier molecular flexibility index (Phi) is 7.35. The average molecular weight is 722 g/mol. The molecule has 0 saturated carbocycles. The molecule has 0 spiro atoms. The lowest BCUT2D eigenvalue weighted by atomic mass is 10.0. The minimum Gasteiger partial charge on any atom is -0.309 e. The first-order valence-electron chi connectivity index (χ1n) is 18.3. The molecular weight excluding hydrogens is 691 g/mol. The van der Waals surface area contributed by atoms with Crippen molar-refractivity contribution in [3.05, 3.63) is 188 Å². The first kappa shape index (κ1) is 31.5. The number of pyridine rings is 3. The van der Waals surface area contributed by atoms with E-state index in [-0.39, 0.29) is 0 Å². The number of hydrogen-bond acceptors (Lipinski definition) is 5. The standard InChI is InChI=1S/C49H31N5S/c1-2-12-33-27-36(22-19-32(33)11-1)53-46-17-5-6-18-48(46)55-49-29-35(21-24-47(49)53)34-20-23-45-39(28-34)38-13-3-4-16-44(38)54(45)37-30-42(40-14-7-9-25-50-40)52-43(31-37)41-15-8-10-26-51-41/h1-31H. The third-order valence-corrected chi connectivity index (χ3v) is 11.6. The molecule has 1 aliphatic heterocycles. The predicted molar refractivity (Wildman–Crippen MR) is 227 cm³/mol. The first-order valence-corrected chi connectivity index (χ1v) is 19.2. The molecule has 0 atom stereocenters. The molecule has 6 heteroatoms. The lowest BCUT2D eigenvalue weighted by molar-refractivity contribution is 1.14. The van der Waals surface area contributed by atoms with Gasteiger partial charge in [0.1, 0.15) is 0 Å². The maximum atomic E-state index is 5.04. The molecular formula is C49H31N5S. The molecule has 4 aromatic heterocycles. The van der Waals surface area contributed by atoms with Crippen LogP contribution in [0.3, 0.4) is 0 Å². The highest BCUT2D eigenvalue weighted by Crippen LogP contribution is 2.52. The second-order valence-corrected chi connectivity index (χ2v) is 14.8. The van der Waals surface area contributed by atoms with Crippen molar-refractivity contribution in [2.45, 2.75) is 9.79 Å². The molecule has 0 fully saturated rings. The van der Waals surface area contributed by atoms with E-state index in [1.165, 1.54) is 53.8 Å². The van der Waals surface area contributed by atoms with Crippen LogP contribution in [-0.2, 0) is 0 Å². The zero-order valence-corrected chi connectivity index (χ0v) is 30.4. The Morgan fingerprint density at radius 3 is 1.85 bits per heavy atom. The highest BCUT2D eigenvalue weighted by Gasteiger charge is 2.25. The summed E-state index contributed by atoms with van der Waals surface area (Å²) in [4.78, 5) is 19.2. The Morgan fingerprint density at radius 1 is 0.400 bits per heavy atom. The van der Waals surface area contributed by atoms with Crippen LogP contribution in [0, 0.1) is 0 Å². The zero-order chi connectivity index (χ0) is 36.3. The van der Waals surface area contributed by atoms with Gasteiger partial charge < -0.3 is 9.47 Å². The molecule has 11 rings (SSSR count). The third-order valence-electron chi connectivity index (χ3n) is 10.4. The van der Waals surface area contributed by atoms with Gasteiger partial charge in [-0.2, -0.15) is 0 Å². The van der Waals surface area contributed by atoms with E-state index in [9.17, 15) is 0 Å². The van der Waals surface area contributed by atoms with Gasteiger partial charge in [-0.25, -0.2) is 4.98 Å². The fraction of sp³-hybridized carbons (Fsp3) is 0. The molecule has 5 heterocycles. The number of para-hydroxylation sites is 2. The SMILES string of the molecule is c1ccc(-c2cc(-n3c4ccccc4c4cc(-c5ccc6c(c5)Sc5ccccc5N6c5ccc6ccccc6c5)ccc43)cc(-c3ccccn3)n2)nc1. The van der Waals surface area contributed by atoms with Crippen LogP contribution < -0.4 is 4.90 Å². The van der Waals surface area contributed by atoms with Gasteiger partial charge in [0.15, 0.2) is 0 Å². The van der Waals surface area contributed by atoms with Crippen molar-refractivity contribution in [2.75, 3.05) is 4.90 Å². The minimum atomic E-state index is 0.798. The van der Waals surface area contributed by atoms with Crippen molar-refractivity contribution in [3.63, 3.8) is 0 Å². The summed E-state index contributed by atoms with van der Waals surface area (Å²) in [5.41, 5.74) is 12.4. The van der Waals surface area contributed by atoms with Gasteiger partial charge in [0, 0.05) is 38.6 Å². The highest BCUT2D eigenvalue weighted by atomic mass is 32.2. The molecule has 0 radical (unpaired) electrons. The lowest BCUT2D eigenvalue weighted by Crippen LogP contribution is -2.14. The van der Waals surface area contributed by atoms with Crippen LogP contribution in [0.25, 0.3) is 72.2 Å². The van der Waals surface area contributed by atoms with Gasteiger partial charge in [-0.15, -0.1) is 0 Å². The van der Waals surface area contributed by atoms with Crippen LogP contribution >= 0.6 is 11.8 Å². The molecule has 0 N–H and O–H groups in total. The number of nitrogens with zero attached hydrogens (tertiary/aromatic N) is 5. The third kappa shape index (κ3) is 5.38. The fourth-order valence-corrected chi connectivity index (χ4v) is 8.99. The van der Waals surface area contributed by atoms with Gasteiger partial charge in [-0.1, -0.05) is 96.7 Å². The number of rotatable bonds is 5. The van der Waals surface area contributed by atoms with Crippen molar-refractivity contribution in [1.29, 1.82) is 0 Å². The van der Waals surface area contributed by atoms with Crippen molar-refractivity contribution < 1.29 is 0 Å². The molecule has 0 saturated heterocycles. The Balaban J connectivity index is 1.05. The van der Waals surface area contributed by atoms with E-state index in [0.717, 1.165) is 45.2 Å². The molecule has 0 aliphatic carbocycles. The molecule has 6 aromatic carbocycles. The van der Waals surface area contributed by atoms with E-state index in [2.05, 4.69) is 159 Å². The largest absolute Gasteiger partial charge is 0.309 e. The van der Waals surface area contributed by atoms with Gasteiger partial charge >= 0.3 is 0 Å². The second kappa shape index (κ2) is 12.8. The zero-order valence-electron chi connectivity index (χ0n) is 29.5. The van der Waals surface area contributed by atoms with Crippen molar-refractivity contribution >= 4 is 61.4 Å². The van der Waals surface area contributed by atoms with Gasteiger partial charge in [-0.05, 0) is 113 Å². The molecule has 10 aromatic rings. The summed E-state index contributed by atoms with van der Waals surface area (Å²) in [7, 11) is 0. The number of fused-ring (bicyclic) bond motifs is 6. The van der Waals surface area contributed by atoms with Crippen LogP contribution in [0.5, 0.6) is 0 Å². The molecule has 0 unspecified atom stereocenters. The Bertz CT molecular complexity index is 3030. The molecule has 1 aliphatic rings. The van der Waals surface area contributed by atoms with E-state index in [1.54, 1.807) is 0 Å². The Labute approximate surface area is 322 Å². The number of hydrogen-bond donors (Lipinski definition) is 0. The number of anilines is 3. The van der Waals surface area contributed by atoms with Crippen molar-refractivity contribution in [3.8, 4) is 39.6 Å². The summed E-state index contributed by atoms with van der Waals surface area (Å²) in [6.07, 6.45) is 3.62. The molecule has 258 valence electrons. The maximum absolute atomic E-state index is 5.04. The molecule has 55 heavy (non-hydrogen) atoms. The fourth-order valence-electron chi connectivity index (χ4n) is 7.90. The normalized spacial score (nSPS) is 12.3. The van der Waals surface area contributed by atoms with E-state index in [1.807, 2.05) is 60.6 Å².